The van der Waals surface area contributed by atoms with Crippen molar-refractivity contribution in [3.63, 3.8) is 0 Å². The molecular formula is C17H19NO3. The number of aryl methyl sites for hydroxylation is 4. The Bertz CT molecular complexity index is 720. The van der Waals surface area contributed by atoms with Crippen LogP contribution in [0.2, 0.25) is 0 Å². The maximum Gasteiger partial charge on any atom is 0.341 e. The number of pyridine rings is 1. The summed E-state index contributed by atoms with van der Waals surface area (Å²) in [5.74, 6) is -0.0161. The molecule has 1 aromatic heterocycles. The molecular weight excluding hydrogens is 266 g/mol. The van der Waals surface area contributed by atoms with Crippen molar-refractivity contribution in [2.24, 2.45) is 0 Å². The van der Waals surface area contributed by atoms with E-state index in [1.54, 1.807) is 13.0 Å². The summed E-state index contributed by atoms with van der Waals surface area (Å²) in [4.78, 5) is 15.6. The van der Waals surface area contributed by atoms with Gasteiger partial charge in [0.25, 0.3) is 0 Å². The Morgan fingerprint density at radius 1 is 1.05 bits per heavy atom. The third-order valence-electron chi connectivity index (χ3n) is 3.49. The highest BCUT2D eigenvalue weighted by atomic mass is 16.5. The SMILES string of the molecule is Cc1cc(C)c(C)c(Oc2cc(C)nc(C)c2C(=O)O)c1. The number of rotatable bonds is 3. The lowest BCUT2D eigenvalue weighted by molar-refractivity contribution is 0.0692. The van der Waals surface area contributed by atoms with E-state index in [9.17, 15) is 9.90 Å². The molecule has 4 heteroatoms. The minimum Gasteiger partial charge on any atom is -0.477 e. The van der Waals surface area contributed by atoms with Crippen molar-refractivity contribution in [1.29, 1.82) is 0 Å². The van der Waals surface area contributed by atoms with Crippen molar-refractivity contribution in [2.45, 2.75) is 34.6 Å². The number of carboxylic acids is 1. The number of hydrogen-bond acceptors (Lipinski definition) is 3. The molecule has 0 spiro atoms. The Morgan fingerprint density at radius 2 is 1.71 bits per heavy atom. The van der Waals surface area contributed by atoms with Gasteiger partial charge >= 0.3 is 5.97 Å². The number of aromatic nitrogens is 1. The molecule has 1 aromatic carbocycles. The van der Waals surface area contributed by atoms with Crippen molar-refractivity contribution in [3.05, 3.63) is 51.8 Å². The summed E-state index contributed by atoms with van der Waals surface area (Å²) in [7, 11) is 0. The average molecular weight is 285 g/mol. The molecule has 0 fully saturated rings. The number of hydrogen-bond donors (Lipinski definition) is 1. The van der Waals surface area contributed by atoms with Crippen LogP contribution >= 0.6 is 0 Å². The highest BCUT2D eigenvalue weighted by molar-refractivity contribution is 5.92. The van der Waals surface area contributed by atoms with Gasteiger partial charge in [-0.15, -0.1) is 0 Å². The molecule has 0 amide bonds. The van der Waals surface area contributed by atoms with Gasteiger partial charge in [-0.25, -0.2) is 4.79 Å². The van der Waals surface area contributed by atoms with Crippen molar-refractivity contribution in [1.82, 2.24) is 4.98 Å². The molecule has 0 unspecified atom stereocenters. The van der Waals surface area contributed by atoms with Crippen LogP contribution in [-0.2, 0) is 0 Å². The second-order valence-corrected chi connectivity index (χ2v) is 5.33. The maximum absolute atomic E-state index is 11.4. The summed E-state index contributed by atoms with van der Waals surface area (Å²) in [5, 5.41) is 9.37. The van der Waals surface area contributed by atoms with Crippen LogP contribution in [0.5, 0.6) is 11.5 Å². The van der Waals surface area contributed by atoms with Crippen LogP contribution in [0.15, 0.2) is 18.2 Å². The predicted molar refractivity (Wildman–Crippen MR) is 81.4 cm³/mol. The van der Waals surface area contributed by atoms with E-state index in [0.29, 0.717) is 17.2 Å². The molecule has 0 aliphatic heterocycles. The lowest BCUT2D eigenvalue weighted by atomic mass is 10.1. The van der Waals surface area contributed by atoms with Crippen LogP contribution < -0.4 is 4.74 Å². The minimum atomic E-state index is -1.03. The zero-order valence-corrected chi connectivity index (χ0v) is 12.9. The molecule has 0 aliphatic carbocycles. The number of carbonyl (C=O) groups is 1. The third-order valence-corrected chi connectivity index (χ3v) is 3.49. The lowest BCUT2D eigenvalue weighted by Crippen LogP contribution is -2.06. The van der Waals surface area contributed by atoms with Gasteiger partial charge in [0.15, 0.2) is 0 Å². The maximum atomic E-state index is 11.4. The average Bonchev–Trinajstić information content (AvgIpc) is 2.33. The van der Waals surface area contributed by atoms with Gasteiger partial charge in [-0.3, -0.25) is 4.98 Å². The molecule has 2 aromatic rings. The van der Waals surface area contributed by atoms with Crippen molar-refractivity contribution in [3.8, 4) is 11.5 Å². The number of benzene rings is 1. The zero-order chi connectivity index (χ0) is 15.7. The Morgan fingerprint density at radius 3 is 2.33 bits per heavy atom. The fourth-order valence-electron chi connectivity index (χ4n) is 2.36. The van der Waals surface area contributed by atoms with Gasteiger partial charge in [-0.2, -0.15) is 0 Å². The Balaban J connectivity index is 2.57. The molecule has 0 aliphatic rings. The fraction of sp³-hybridized carbons (Fsp3) is 0.294. The van der Waals surface area contributed by atoms with Crippen LogP contribution in [0.3, 0.4) is 0 Å². The standard InChI is InChI=1S/C17H19NO3/c1-9-6-10(2)12(4)14(7-9)21-15-8-11(3)18-13(5)16(15)17(19)20/h6-8H,1-5H3,(H,19,20). The third kappa shape index (κ3) is 3.05. The highest BCUT2D eigenvalue weighted by Crippen LogP contribution is 2.32. The fourth-order valence-corrected chi connectivity index (χ4v) is 2.36. The van der Waals surface area contributed by atoms with Crippen LogP contribution in [0, 0.1) is 34.6 Å². The monoisotopic (exact) mass is 285 g/mol. The van der Waals surface area contributed by atoms with Crippen molar-refractivity contribution < 1.29 is 14.6 Å². The smallest absolute Gasteiger partial charge is 0.341 e. The minimum absolute atomic E-state index is 0.110. The Kier molecular flexibility index (Phi) is 3.98. The first-order valence-corrected chi connectivity index (χ1v) is 6.77. The van der Waals surface area contributed by atoms with Crippen LogP contribution in [-0.4, -0.2) is 16.1 Å². The van der Waals surface area contributed by atoms with Crippen molar-refractivity contribution in [2.75, 3.05) is 0 Å². The van der Waals surface area contributed by atoms with E-state index in [-0.39, 0.29) is 5.56 Å². The molecule has 1 N–H and O–H groups in total. The molecule has 0 atom stereocenters. The Labute approximate surface area is 124 Å². The molecule has 110 valence electrons. The number of carboxylic acid groups (broad SMARTS) is 1. The first-order valence-electron chi connectivity index (χ1n) is 6.77. The summed E-state index contributed by atoms with van der Waals surface area (Å²) >= 11 is 0. The summed E-state index contributed by atoms with van der Waals surface area (Å²) in [5.41, 5.74) is 4.49. The molecule has 0 saturated carbocycles. The normalized spacial score (nSPS) is 10.5. The summed E-state index contributed by atoms with van der Waals surface area (Å²) < 4.78 is 5.90. The molecule has 4 nitrogen and oxygen atoms in total. The molecule has 0 radical (unpaired) electrons. The molecule has 1 heterocycles. The summed E-state index contributed by atoms with van der Waals surface area (Å²) in [6, 6.07) is 5.65. The number of ether oxygens (including phenoxy) is 1. The van der Waals surface area contributed by atoms with E-state index >= 15 is 0 Å². The van der Waals surface area contributed by atoms with Gasteiger partial charge in [0, 0.05) is 11.8 Å². The van der Waals surface area contributed by atoms with E-state index < -0.39 is 5.97 Å². The summed E-state index contributed by atoms with van der Waals surface area (Å²) in [6.45, 7) is 9.46. The molecule has 2 rings (SSSR count). The molecule has 21 heavy (non-hydrogen) atoms. The predicted octanol–water partition coefficient (Wildman–Crippen LogP) is 4.11. The van der Waals surface area contributed by atoms with E-state index in [2.05, 4.69) is 11.1 Å². The Hall–Kier alpha value is -2.36. The first kappa shape index (κ1) is 15.0. The van der Waals surface area contributed by atoms with Gasteiger partial charge in [0.1, 0.15) is 17.1 Å². The van der Waals surface area contributed by atoms with Gasteiger partial charge in [-0.05, 0) is 57.4 Å². The van der Waals surface area contributed by atoms with Gasteiger partial charge in [0.2, 0.25) is 0 Å². The quantitative estimate of drug-likeness (QED) is 0.921. The largest absolute Gasteiger partial charge is 0.477 e. The van der Waals surface area contributed by atoms with E-state index in [1.165, 1.54) is 0 Å². The summed E-state index contributed by atoms with van der Waals surface area (Å²) in [6.07, 6.45) is 0. The number of aromatic carboxylic acids is 1. The van der Waals surface area contributed by atoms with Crippen LogP contribution in [0.1, 0.15) is 38.4 Å². The topological polar surface area (TPSA) is 59.4 Å². The van der Waals surface area contributed by atoms with E-state index in [0.717, 1.165) is 22.4 Å². The van der Waals surface area contributed by atoms with E-state index in [4.69, 9.17) is 4.74 Å². The zero-order valence-electron chi connectivity index (χ0n) is 12.9. The second kappa shape index (κ2) is 5.56. The van der Waals surface area contributed by atoms with Gasteiger partial charge in [0.05, 0.1) is 5.69 Å². The van der Waals surface area contributed by atoms with Crippen LogP contribution in [0.4, 0.5) is 0 Å². The first-order chi connectivity index (χ1) is 9.79. The number of nitrogens with zero attached hydrogens (tertiary/aromatic N) is 1. The van der Waals surface area contributed by atoms with Gasteiger partial charge in [-0.1, -0.05) is 6.07 Å². The second-order valence-electron chi connectivity index (χ2n) is 5.33. The van der Waals surface area contributed by atoms with E-state index in [1.807, 2.05) is 33.8 Å². The van der Waals surface area contributed by atoms with Crippen molar-refractivity contribution >= 4 is 5.97 Å². The molecule has 0 saturated heterocycles. The molecule has 0 bridgehead atoms. The van der Waals surface area contributed by atoms with Gasteiger partial charge < -0.3 is 9.84 Å². The van der Waals surface area contributed by atoms with Crippen LogP contribution in [0.25, 0.3) is 0 Å². The lowest BCUT2D eigenvalue weighted by Gasteiger charge is -2.15. The highest BCUT2D eigenvalue weighted by Gasteiger charge is 2.18.